The molecular formula is C12H20N2. The van der Waals surface area contributed by atoms with Crippen molar-refractivity contribution in [1.82, 2.24) is 4.90 Å². The van der Waals surface area contributed by atoms with Crippen molar-refractivity contribution in [2.24, 2.45) is 0 Å². The fourth-order valence-electron chi connectivity index (χ4n) is 1.34. The van der Waals surface area contributed by atoms with Gasteiger partial charge in [-0.3, -0.25) is 4.90 Å². The number of rotatable bonds is 4. The Morgan fingerprint density at radius 3 is 2.14 bits per heavy atom. The molecule has 2 heteroatoms. The predicted octanol–water partition coefficient (Wildman–Crippen LogP) is 2.34. The Labute approximate surface area is 87.1 Å². The lowest BCUT2D eigenvalue weighted by Gasteiger charge is -2.25. The first-order chi connectivity index (χ1) is 6.63. The highest BCUT2D eigenvalue weighted by atomic mass is 15.3. The molecule has 0 spiro atoms. The zero-order valence-electron chi connectivity index (χ0n) is 9.62. The average Bonchev–Trinajstić information content (AvgIpc) is 2.18. The average molecular weight is 192 g/mol. The summed E-state index contributed by atoms with van der Waals surface area (Å²) in [5.41, 5.74) is 2.59. The highest BCUT2D eigenvalue weighted by Gasteiger charge is 2.01. The van der Waals surface area contributed by atoms with Crippen LogP contribution >= 0.6 is 0 Å². The minimum Gasteiger partial charge on any atom is -0.362 e. The number of benzene rings is 1. The van der Waals surface area contributed by atoms with E-state index in [0.29, 0.717) is 0 Å². The van der Waals surface area contributed by atoms with Crippen LogP contribution in [0.3, 0.4) is 0 Å². The van der Waals surface area contributed by atoms with Crippen LogP contribution in [0.5, 0.6) is 0 Å². The van der Waals surface area contributed by atoms with Crippen molar-refractivity contribution in [1.29, 1.82) is 0 Å². The molecular weight excluding hydrogens is 172 g/mol. The van der Waals surface area contributed by atoms with Crippen LogP contribution < -0.4 is 4.90 Å². The lowest BCUT2D eigenvalue weighted by atomic mass is 10.2. The monoisotopic (exact) mass is 192 g/mol. The third kappa shape index (κ3) is 3.04. The largest absolute Gasteiger partial charge is 0.362 e. The Balaban J connectivity index is 2.60. The lowest BCUT2D eigenvalue weighted by molar-refractivity contribution is 0.356. The van der Waals surface area contributed by atoms with Gasteiger partial charge in [0.1, 0.15) is 0 Å². The van der Waals surface area contributed by atoms with Crippen LogP contribution in [0.15, 0.2) is 24.3 Å². The summed E-state index contributed by atoms with van der Waals surface area (Å²) in [5, 5.41) is 0. The number of aryl methyl sites for hydroxylation is 1. The van der Waals surface area contributed by atoms with E-state index >= 15 is 0 Å². The molecule has 0 aliphatic carbocycles. The summed E-state index contributed by atoms with van der Waals surface area (Å²) in [6.07, 6.45) is 0. The van der Waals surface area contributed by atoms with Crippen LogP contribution in [0.25, 0.3) is 0 Å². The van der Waals surface area contributed by atoms with Gasteiger partial charge in [0, 0.05) is 12.7 Å². The molecule has 0 radical (unpaired) electrons. The molecule has 0 aliphatic heterocycles. The maximum atomic E-state index is 2.28. The van der Waals surface area contributed by atoms with E-state index in [1.807, 2.05) is 0 Å². The smallest absolute Gasteiger partial charge is 0.0701 e. The van der Waals surface area contributed by atoms with E-state index in [-0.39, 0.29) is 0 Å². The number of anilines is 1. The first-order valence-corrected chi connectivity index (χ1v) is 5.10. The topological polar surface area (TPSA) is 6.48 Å². The summed E-state index contributed by atoms with van der Waals surface area (Å²) in [7, 11) is 4.25. The van der Waals surface area contributed by atoms with Crippen molar-refractivity contribution >= 4 is 5.69 Å². The molecule has 0 unspecified atom stereocenters. The van der Waals surface area contributed by atoms with Crippen LogP contribution in [-0.4, -0.2) is 32.2 Å². The van der Waals surface area contributed by atoms with E-state index < -0.39 is 0 Å². The van der Waals surface area contributed by atoms with Crippen LogP contribution in [0.1, 0.15) is 12.5 Å². The van der Waals surface area contributed by atoms with Crippen LogP contribution in [0.2, 0.25) is 0 Å². The van der Waals surface area contributed by atoms with E-state index in [9.17, 15) is 0 Å². The van der Waals surface area contributed by atoms with E-state index in [1.165, 1.54) is 11.3 Å². The van der Waals surface area contributed by atoms with Gasteiger partial charge in [-0.25, -0.2) is 0 Å². The quantitative estimate of drug-likeness (QED) is 0.676. The Kier molecular flexibility index (Phi) is 3.96. The molecule has 1 aromatic carbocycles. The highest BCUT2D eigenvalue weighted by Crippen LogP contribution is 2.13. The molecule has 0 N–H and O–H groups in total. The van der Waals surface area contributed by atoms with Crippen molar-refractivity contribution in [2.75, 3.05) is 32.2 Å². The molecule has 0 saturated carbocycles. The summed E-state index contributed by atoms with van der Waals surface area (Å²) < 4.78 is 0. The van der Waals surface area contributed by atoms with Crippen LogP contribution in [-0.2, 0) is 0 Å². The molecule has 0 amide bonds. The Bertz CT molecular complexity index is 266. The van der Waals surface area contributed by atoms with Crippen LogP contribution in [0, 0.1) is 6.92 Å². The zero-order valence-corrected chi connectivity index (χ0v) is 9.62. The molecule has 0 fully saturated rings. The molecule has 0 saturated heterocycles. The molecule has 14 heavy (non-hydrogen) atoms. The van der Waals surface area contributed by atoms with Gasteiger partial charge in [0.2, 0.25) is 0 Å². The summed E-state index contributed by atoms with van der Waals surface area (Å²) in [5.74, 6) is 0. The molecule has 0 atom stereocenters. The molecule has 2 nitrogen and oxygen atoms in total. The summed E-state index contributed by atoms with van der Waals surface area (Å²) in [6, 6.07) is 8.63. The first-order valence-electron chi connectivity index (χ1n) is 5.10. The molecule has 0 bridgehead atoms. The maximum Gasteiger partial charge on any atom is 0.0701 e. The van der Waals surface area contributed by atoms with Gasteiger partial charge in [-0.15, -0.1) is 0 Å². The van der Waals surface area contributed by atoms with Crippen molar-refractivity contribution in [2.45, 2.75) is 13.8 Å². The van der Waals surface area contributed by atoms with Gasteiger partial charge in [-0.05, 0) is 32.6 Å². The first kappa shape index (κ1) is 11.1. The Hall–Kier alpha value is -1.02. The van der Waals surface area contributed by atoms with Gasteiger partial charge >= 0.3 is 0 Å². The van der Waals surface area contributed by atoms with Crippen LogP contribution in [0.4, 0.5) is 5.69 Å². The fourth-order valence-corrected chi connectivity index (χ4v) is 1.34. The van der Waals surface area contributed by atoms with Crippen molar-refractivity contribution in [3.8, 4) is 0 Å². The number of hydrogen-bond donors (Lipinski definition) is 0. The molecule has 78 valence electrons. The maximum absolute atomic E-state index is 2.28. The Morgan fingerprint density at radius 1 is 1.07 bits per heavy atom. The van der Waals surface area contributed by atoms with Crippen molar-refractivity contribution in [3.05, 3.63) is 29.8 Å². The van der Waals surface area contributed by atoms with Crippen molar-refractivity contribution in [3.63, 3.8) is 0 Å². The second-order valence-electron chi connectivity index (χ2n) is 3.85. The van der Waals surface area contributed by atoms with Gasteiger partial charge < -0.3 is 4.90 Å². The fraction of sp³-hybridized carbons (Fsp3) is 0.500. The third-order valence-corrected chi connectivity index (χ3v) is 2.47. The van der Waals surface area contributed by atoms with E-state index in [0.717, 1.165) is 13.2 Å². The summed E-state index contributed by atoms with van der Waals surface area (Å²) in [4.78, 5) is 4.53. The standard InChI is InChI=1S/C12H20N2/c1-5-13(3)10-14(4)12-8-6-11(2)7-9-12/h6-9H,5,10H2,1-4H3. The van der Waals surface area contributed by atoms with E-state index in [4.69, 9.17) is 0 Å². The SMILES string of the molecule is CCN(C)CN(C)c1ccc(C)cc1. The molecule has 0 aromatic heterocycles. The molecule has 1 rings (SSSR count). The van der Waals surface area contributed by atoms with E-state index in [2.05, 4.69) is 62.0 Å². The second-order valence-corrected chi connectivity index (χ2v) is 3.85. The normalized spacial score (nSPS) is 10.6. The molecule has 1 aromatic rings. The minimum atomic E-state index is 0.972. The molecule has 0 heterocycles. The highest BCUT2D eigenvalue weighted by molar-refractivity contribution is 5.46. The van der Waals surface area contributed by atoms with Crippen molar-refractivity contribution < 1.29 is 0 Å². The number of nitrogens with zero attached hydrogens (tertiary/aromatic N) is 2. The number of hydrogen-bond acceptors (Lipinski definition) is 2. The second kappa shape index (κ2) is 5.01. The van der Waals surface area contributed by atoms with Gasteiger partial charge in [0.25, 0.3) is 0 Å². The Morgan fingerprint density at radius 2 is 1.64 bits per heavy atom. The third-order valence-electron chi connectivity index (χ3n) is 2.47. The van der Waals surface area contributed by atoms with Gasteiger partial charge in [0.05, 0.1) is 6.67 Å². The van der Waals surface area contributed by atoms with E-state index in [1.54, 1.807) is 0 Å². The lowest BCUT2D eigenvalue weighted by Crippen LogP contribution is -2.32. The van der Waals surface area contributed by atoms with Gasteiger partial charge in [-0.1, -0.05) is 24.6 Å². The van der Waals surface area contributed by atoms with Gasteiger partial charge in [0.15, 0.2) is 0 Å². The zero-order chi connectivity index (χ0) is 10.6. The predicted molar refractivity (Wildman–Crippen MR) is 62.8 cm³/mol. The molecule has 0 aliphatic rings. The summed E-state index contributed by atoms with van der Waals surface area (Å²) in [6.45, 7) is 6.33. The minimum absolute atomic E-state index is 0.972. The van der Waals surface area contributed by atoms with Gasteiger partial charge in [-0.2, -0.15) is 0 Å². The summed E-state index contributed by atoms with van der Waals surface area (Å²) >= 11 is 0.